The number of unbranched alkanes of at least 4 members (excludes halogenated alkanes) is 3. The number of rotatable bonds is 11. The minimum atomic E-state index is -0.207. The fraction of sp³-hybridized carbons (Fsp3) is 0.750. The second-order valence-electron chi connectivity index (χ2n) is 8.73. The molecule has 158 valence electrons. The molecule has 3 rings (SSSR count). The first kappa shape index (κ1) is 21.6. The molecule has 0 bridgehead atoms. The van der Waals surface area contributed by atoms with Crippen molar-refractivity contribution in [2.75, 3.05) is 32.8 Å². The maximum Gasteiger partial charge on any atom is 0.123 e. The van der Waals surface area contributed by atoms with Crippen molar-refractivity contribution < 1.29 is 9.13 Å². The van der Waals surface area contributed by atoms with Gasteiger partial charge < -0.3 is 15.0 Å². The third-order valence-electron chi connectivity index (χ3n) is 6.50. The van der Waals surface area contributed by atoms with Gasteiger partial charge in [0.25, 0.3) is 0 Å². The molecule has 1 N–H and O–H groups in total. The van der Waals surface area contributed by atoms with E-state index in [0.717, 1.165) is 30.7 Å². The number of hydrogen-bond donors (Lipinski definition) is 1. The van der Waals surface area contributed by atoms with Gasteiger partial charge >= 0.3 is 0 Å². The summed E-state index contributed by atoms with van der Waals surface area (Å²) >= 11 is 0. The van der Waals surface area contributed by atoms with Crippen LogP contribution in [0.2, 0.25) is 0 Å². The molecule has 1 unspecified atom stereocenters. The fourth-order valence-corrected chi connectivity index (χ4v) is 4.62. The summed E-state index contributed by atoms with van der Waals surface area (Å²) in [7, 11) is 0. The van der Waals surface area contributed by atoms with Crippen molar-refractivity contribution in [3.8, 4) is 5.75 Å². The van der Waals surface area contributed by atoms with Crippen molar-refractivity contribution in [2.24, 2.45) is 5.92 Å². The van der Waals surface area contributed by atoms with E-state index in [1.54, 1.807) is 12.1 Å². The zero-order valence-corrected chi connectivity index (χ0v) is 17.5. The van der Waals surface area contributed by atoms with Crippen LogP contribution in [0.4, 0.5) is 4.39 Å². The van der Waals surface area contributed by atoms with E-state index in [2.05, 4.69) is 10.2 Å². The van der Waals surface area contributed by atoms with Crippen LogP contribution in [0, 0.1) is 11.7 Å². The van der Waals surface area contributed by atoms with Crippen LogP contribution in [0.5, 0.6) is 5.75 Å². The lowest BCUT2D eigenvalue weighted by atomic mass is 9.93. The number of ether oxygens (including phenoxy) is 1. The van der Waals surface area contributed by atoms with Gasteiger partial charge in [-0.2, -0.15) is 0 Å². The Bertz CT molecular complexity index is 522. The maximum absolute atomic E-state index is 12.9. The quantitative estimate of drug-likeness (QED) is 0.512. The summed E-state index contributed by atoms with van der Waals surface area (Å²) in [6.45, 7) is 5.74. The van der Waals surface area contributed by atoms with Gasteiger partial charge in [0.2, 0.25) is 0 Å². The third-order valence-corrected chi connectivity index (χ3v) is 6.50. The van der Waals surface area contributed by atoms with Crippen LogP contribution in [0.25, 0.3) is 0 Å². The number of piperidine rings is 2. The van der Waals surface area contributed by atoms with Crippen molar-refractivity contribution in [1.29, 1.82) is 0 Å². The van der Waals surface area contributed by atoms with Crippen molar-refractivity contribution in [1.82, 2.24) is 10.2 Å². The summed E-state index contributed by atoms with van der Waals surface area (Å²) in [6, 6.07) is 7.15. The van der Waals surface area contributed by atoms with Gasteiger partial charge in [-0.15, -0.1) is 0 Å². The van der Waals surface area contributed by atoms with Crippen LogP contribution in [-0.2, 0) is 0 Å². The van der Waals surface area contributed by atoms with Gasteiger partial charge in [-0.05, 0) is 101 Å². The minimum Gasteiger partial charge on any atom is -0.494 e. The number of likely N-dealkylation sites (tertiary alicyclic amines) is 1. The van der Waals surface area contributed by atoms with E-state index in [1.165, 1.54) is 103 Å². The Kier molecular flexibility index (Phi) is 9.58. The average Bonchev–Trinajstić information content (AvgIpc) is 2.74. The SMILES string of the molecule is Fc1ccc(OCCC2CCN(CCCCCCC3CCCCN3)CC2)cc1. The Hall–Kier alpha value is -1.13. The highest BCUT2D eigenvalue weighted by Gasteiger charge is 2.18. The van der Waals surface area contributed by atoms with Crippen molar-refractivity contribution >= 4 is 0 Å². The van der Waals surface area contributed by atoms with Crippen LogP contribution < -0.4 is 10.1 Å². The van der Waals surface area contributed by atoms with Gasteiger partial charge in [0.15, 0.2) is 0 Å². The molecule has 1 aromatic rings. The van der Waals surface area contributed by atoms with Crippen molar-refractivity contribution in [3.05, 3.63) is 30.1 Å². The molecular weight excluding hydrogens is 351 g/mol. The molecule has 0 radical (unpaired) electrons. The third kappa shape index (κ3) is 8.08. The predicted molar refractivity (Wildman–Crippen MR) is 114 cm³/mol. The monoisotopic (exact) mass is 390 g/mol. The molecule has 0 aromatic heterocycles. The van der Waals surface area contributed by atoms with E-state index in [0.29, 0.717) is 0 Å². The highest BCUT2D eigenvalue weighted by Crippen LogP contribution is 2.22. The van der Waals surface area contributed by atoms with Crippen molar-refractivity contribution in [3.63, 3.8) is 0 Å². The lowest BCUT2D eigenvalue weighted by Gasteiger charge is -2.32. The van der Waals surface area contributed by atoms with Gasteiger partial charge in [-0.1, -0.05) is 25.7 Å². The molecule has 4 heteroatoms. The largest absolute Gasteiger partial charge is 0.494 e. The molecule has 0 spiro atoms. The maximum atomic E-state index is 12.9. The Morgan fingerprint density at radius 1 is 0.929 bits per heavy atom. The Morgan fingerprint density at radius 2 is 1.71 bits per heavy atom. The zero-order valence-electron chi connectivity index (χ0n) is 17.5. The standard InChI is InChI=1S/C24H39FN2O/c25-22-9-11-24(12-10-22)28-20-15-21-13-18-27(19-14-21)17-6-2-1-3-7-23-8-4-5-16-26-23/h9-12,21,23,26H,1-8,13-20H2. The van der Waals surface area contributed by atoms with Gasteiger partial charge in [-0.3, -0.25) is 0 Å². The molecule has 2 aliphatic heterocycles. The lowest BCUT2D eigenvalue weighted by Crippen LogP contribution is -2.34. The van der Waals surface area contributed by atoms with E-state index in [1.807, 2.05) is 0 Å². The van der Waals surface area contributed by atoms with E-state index in [-0.39, 0.29) is 5.82 Å². The van der Waals surface area contributed by atoms with Crippen molar-refractivity contribution in [2.45, 2.75) is 76.7 Å². The summed E-state index contributed by atoms with van der Waals surface area (Å²) in [5.41, 5.74) is 0. The Morgan fingerprint density at radius 3 is 2.46 bits per heavy atom. The predicted octanol–water partition coefficient (Wildman–Crippen LogP) is 5.40. The average molecular weight is 391 g/mol. The highest BCUT2D eigenvalue weighted by atomic mass is 19.1. The van der Waals surface area contributed by atoms with Gasteiger partial charge in [-0.25, -0.2) is 4.39 Å². The van der Waals surface area contributed by atoms with E-state index in [4.69, 9.17) is 4.74 Å². The summed E-state index contributed by atoms with van der Waals surface area (Å²) < 4.78 is 18.7. The molecule has 0 amide bonds. The summed E-state index contributed by atoms with van der Waals surface area (Å²) in [5, 5.41) is 3.66. The lowest BCUT2D eigenvalue weighted by molar-refractivity contribution is 0.161. The fourth-order valence-electron chi connectivity index (χ4n) is 4.62. The topological polar surface area (TPSA) is 24.5 Å². The van der Waals surface area contributed by atoms with Gasteiger partial charge in [0.05, 0.1) is 6.61 Å². The first-order valence-electron chi connectivity index (χ1n) is 11.6. The van der Waals surface area contributed by atoms with Crippen LogP contribution in [0.3, 0.4) is 0 Å². The molecule has 2 fully saturated rings. The number of halogens is 1. The first-order chi connectivity index (χ1) is 13.8. The molecule has 1 aromatic carbocycles. The summed E-state index contributed by atoms with van der Waals surface area (Å²) in [6.07, 6.45) is 14.8. The zero-order chi connectivity index (χ0) is 19.4. The van der Waals surface area contributed by atoms with Gasteiger partial charge in [0.1, 0.15) is 11.6 Å². The molecule has 2 saturated heterocycles. The highest BCUT2D eigenvalue weighted by molar-refractivity contribution is 5.21. The second kappa shape index (κ2) is 12.4. The molecule has 3 nitrogen and oxygen atoms in total. The molecule has 2 aliphatic rings. The molecule has 0 aliphatic carbocycles. The second-order valence-corrected chi connectivity index (χ2v) is 8.73. The first-order valence-corrected chi connectivity index (χ1v) is 11.6. The number of nitrogens with one attached hydrogen (secondary N) is 1. The van der Waals surface area contributed by atoms with Crippen LogP contribution >= 0.6 is 0 Å². The van der Waals surface area contributed by atoms with Crippen LogP contribution in [-0.4, -0.2) is 43.7 Å². The molecule has 1 atom stereocenters. The molecular formula is C24H39FN2O. The Balaban J connectivity index is 1.16. The van der Waals surface area contributed by atoms with E-state index < -0.39 is 0 Å². The van der Waals surface area contributed by atoms with E-state index >= 15 is 0 Å². The number of benzene rings is 1. The molecule has 2 heterocycles. The summed E-state index contributed by atoms with van der Waals surface area (Å²) in [5.74, 6) is 1.35. The summed E-state index contributed by atoms with van der Waals surface area (Å²) in [4.78, 5) is 2.65. The normalized spacial score (nSPS) is 21.7. The number of nitrogens with zero attached hydrogens (tertiary/aromatic N) is 1. The van der Waals surface area contributed by atoms with Crippen LogP contribution in [0.15, 0.2) is 24.3 Å². The Labute approximate surface area is 171 Å². The molecule has 28 heavy (non-hydrogen) atoms. The van der Waals surface area contributed by atoms with Gasteiger partial charge in [0, 0.05) is 6.04 Å². The number of hydrogen-bond acceptors (Lipinski definition) is 3. The minimum absolute atomic E-state index is 0.207. The molecule has 0 saturated carbocycles. The smallest absolute Gasteiger partial charge is 0.123 e. The van der Waals surface area contributed by atoms with E-state index in [9.17, 15) is 4.39 Å². The van der Waals surface area contributed by atoms with Crippen LogP contribution in [0.1, 0.15) is 70.6 Å².